The first-order chi connectivity index (χ1) is 9.95. The third-order valence-corrected chi connectivity index (χ3v) is 4.36. The van der Waals surface area contributed by atoms with E-state index >= 15 is 0 Å². The molecule has 0 unspecified atom stereocenters. The standard InChI is InChI=1S/C17H24ClN3/c1-5-21-15(16(18)13(2)20-21)11-19-12-17(3,4)14-9-7-6-8-10-14/h6-10,19H,5,11-12H2,1-4H3. The molecule has 2 rings (SSSR count). The van der Waals surface area contributed by atoms with E-state index in [-0.39, 0.29) is 5.41 Å². The molecule has 114 valence electrons. The SMILES string of the molecule is CCn1nc(C)c(Cl)c1CNCC(C)(C)c1ccccc1. The zero-order valence-corrected chi connectivity index (χ0v) is 14.0. The second kappa shape index (κ2) is 6.63. The molecule has 1 aromatic carbocycles. The van der Waals surface area contributed by atoms with Gasteiger partial charge in [-0.25, -0.2) is 0 Å². The Bertz CT molecular complexity index is 588. The number of hydrogen-bond acceptors (Lipinski definition) is 2. The topological polar surface area (TPSA) is 29.9 Å². The predicted octanol–water partition coefficient (Wildman–Crippen LogP) is 3.93. The molecule has 0 aliphatic carbocycles. The molecular weight excluding hydrogens is 282 g/mol. The van der Waals surface area contributed by atoms with Gasteiger partial charge in [-0.1, -0.05) is 55.8 Å². The van der Waals surface area contributed by atoms with E-state index in [1.165, 1.54) is 5.56 Å². The van der Waals surface area contributed by atoms with Crippen LogP contribution in [0.1, 0.15) is 37.7 Å². The first-order valence-electron chi connectivity index (χ1n) is 7.43. The molecule has 1 heterocycles. The largest absolute Gasteiger partial charge is 0.310 e. The van der Waals surface area contributed by atoms with Crippen molar-refractivity contribution in [3.05, 3.63) is 52.3 Å². The van der Waals surface area contributed by atoms with Crippen LogP contribution >= 0.6 is 11.6 Å². The molecule has 0 bridgehead atoms. The van der Waals surface area contributed by atoms with Gasteiger partial charge in [0.05, 0.1) is 16.4 Å². The second-order valence-corrected chi connectivity index (χ2v) is 6.39. The fourth-order valence-corrected chi connectivity index (χ4v) is 2.72. The van der Waals surface area contributed by atoms with E-state index in [4.69, 9.17) is 11.6 Å². The highest BCUT2D eigenvalue weighted by Crippen LogP contribution is 2.23. The van der Waals surface area contributed by atoms with E-state index in [0.29, 0.717) is 0 Å². The normalized spacial score (nSPS) is 11.9. The molecule has 0 spiro atoms. The molecule has 4 heteroatoms. The Hall–Kier alpha value is -1.32. The summed E-state index contributed by atoms with van der Waals surface area (Å²) >= 11 is 6.34. The summed E-state index contributed by atoms with van der Waals surface area (Å²) in [5.41, 5.74) is 3.39. The van der Waals surface area contributed by atoms with Crippen LogP contribution in [-0.4, -0.2) is 16.3 Å². The lowest BCUT2D eigenvalue weighted by Crippen LogP contribution is -2.33. The maximum atomic E-state index is 6.34. The van der Waals surface area contributed by atoms with E-state index < -0.39 is 0 Å². The lowest BCUT2D eigenvalue weighted by Gasteiger charge is -2.26. The van der Waals surface area contributed by atoms with Crippen molar-refractivity contribution in [1.82, 2.24) is 15.1 Å². The van der Waals surface area contributed by atoms with Crippen LogP contribution in [0.15, 0.2) is 30.3 Å². The van der Waals surface area contributed by atoms with Crippen LogP contribution < -0.4 is 5.32 Å². The molecule has 0 atom stereocenters. The van der Waals surface area contributed by atoms with Crippen LogP contribution in [0.25, 0.3) is 0 Å². The molecule has 0 saturated carbocycles. The van der Waals surface area contributed by atoms with Gasteiger partial charge in [-0.05, 0) is 19.4 Å². The van der Waals surface area contributed by atoms with E-state index in [9.17, 15) is 0 Å². The molecule has 0 amide bonds. The Morgan fingerprint density at radius 3 is 2.52 bits per heavy atom. The van der Waals surface area contributed by atoms with Crippen LogP contribution in [0.4, 0.5) is 0 Å². The lowest BCUT2D eigenvalue weighted by molar-refractivity contribution is 0.459. The minimum absolute atomic E-state index is 0.0832. The summed E-state index contributed by atoms with van der Waals surface area (Å²) in [5.74, 6) is 0. The van der Waals surface area contributed by atoms with Crippen molar-refractivity contribution in [2.45, 2.75) is 46.2 Å². The van der Waals surface area contributed by atoms with Crippen molar-refractivity contribution >= 4 is 11.6 Å². The van der Waals surface area contributed by atoms with Gasteiger partial charge in [0.25, 0.3) is 0 Å². The van der Waals surface area contributed by atoms with Gasteiger partial charge in [0.2, 0.25) is 0 Å². The van der Waals surface area contributed by atoms with Crippen molar-refractivity contribution in [2.24, 2.45) is 0 Å². The molecule has 0 aliphatic heterocycles. The van der Waals surface area contributed by atoms with E-state index in [2.05, 4.69) is 61.5 Å². The smallest absolute Gasteiger partial charge is 0.0860 e. The average molecular weight is 306 g/mol. The van der Waals surface area contributed by atoms with Gasteiger partial charge >= 0.3 is 0 Å². The molecule has 3 nitrogen and oxygen atoms in total. The Morgan fingerprint density at radius 2 is 1.90 bits per heavy atom. The van der Waals surface area contributed by atoms with Crippen LogP contribution in [0.2, 0.25) is 5.02 Å². The number of nitrogens with zero attached hydrogens (tertiary/aromatic N) is 2. The van der Waals surface area contributed by atoms with E-state index in [1.54, 1.807) is 0 Å². The summed E-state index contributed by atoms with van der Waals surface area (Å²) in [6.45, 7) is 11.0. The van der Waals surface area contributed by atoms with Crippen molar-refractivity contribution < 1.29 is 0 Å². The maximum Gasteiger partial charge on any atom is 0.0860 e. The highest BCUT2D eigenvalue weighted by molar-refractivity contribution is 6.31. The fourth-order valence-electron chi connectivity index (χ4n) is 2.52. The van der Waals surface area contributed by atoms with Gasteiger partial charge in [0.15, 0.2) is 0 Å². The molecule has 1 aromatic heterocycles. The molecule has 21 heavy (non-hydrogen) atoms. The van der Waals surface area contributed by atoms with Gasteiger partial charge in [0, 0.05) is 25.0 Å². The minimum atomic E-state index is 0.0832. The van der Waals surface area contributed by atoms with E-state index in [0.717, 1.165) is 36.0 Å². The number of rotatable bonds is 6. The number of halogens is 1. The van der Waals surface area contributed by atoms with Crippen LogP contribution in [0.3, 0.4) is 0 Å². The van der Waals surface area contributed by atoms with Crippen molar-refractivity contribution in [3.8, 4) is 0 Å². The molecule has 0 aliphatic rings. The zero-order chi connectivity index (χ0) is 15.5. The maximum absolute atomic E-state index is 6.34. The molecular formula is C17H24ClN3. The Morgan fingerprint density at radius 1 is 1.24 bits per heavy atom. The van der Waals surface area contributed by atoms with Gasteiger partial charge in [-0.3, -0.25) is 4.68 Å². The van der Waals surface area contributed by atoms with Crippen LogP contribution in [0, 0.1) is 6.92 Å². The summed E-state index contributed by atoms with van der Waals surface area (Å²) in [6, 6.07) is 10.6. The van der Waals surface area contributed by atoms with Crippen LogP contribution in [-0.2, 0) is 18.5 Å². The number of aryl methyl sites for hydroxylation is 2. The number of aromatic nitrogens is 2. The summed E-state index contributed by atoms with van der Waals surface area (Å²) < 4.78 is 1.97. The molecule has 0 radical (unpaired) electrons. The molecule has 2 aromatic rings. The molecule has 0 fully saturated rings. The highest BCUT2D eigenvalue weighted by Gasteiger charge is 2.20. The fraction of sp³-hybridized carbons (Fsp3) is 0.471. The molecule has 0 saturated heterocycles. The third-order valence-electron chi connectivity index (χ3n) is 3.87. The lowest BCUT2D eigenvalue weighted by atomic mass is 9.84. The monoisotopic (exact) mass is 305 g/mol. The number of benzene rings is 1. The van der Waals surface area contributed by atoms with Crippen molar-refractivity contribution in [2.75, 3.05) is 6.54 Å². The van der Waals surface area contributed by atoms with Gasteiger partial charge < -0.3 is 5.32 Å². The quantitative estimate of drug-likeness (QED) is 0.876. The zero-order valence-electron chi connectivity index (χ0n) is 13.3. The first kappa shape index (κ1) is 16.1. The van der Waals surface area contributed by atoms with Crippen molar-refractivity contribution in [3.63, 3.8) is 0 Å². The predicted molar refractivity (Wildman–Crippen MR) is 88.8 cm³/mol. The second-order valence-electron chi connectivity index (χ2n) is 6.02. The minimum Gasteiger partial charge on any atom is -0.310 e. The Labute approximate surface area is 132 Å². The van der Waals surface area contributed by atoms with Gasteiger partial charge in [-0.2, -0.15) is 5.10 Å². The highest BCUT2D eigenvalue weighted by atomic mass is 35.5. The Balaban J connectivity index is 2.02. The van der Waals surface area contributed by atoms with Gasteiger partial charge in [-0.15, -0.1) is 0 Å². The first-order valence-corrected chi connectivity index (χ1v) is 7.81. The summed E-state index contributed by atoms with van der Waals surface area (Å²) in [7, 11) is 0. The number of hydrogen-bond donors (Lipinski definition) is 1. The van der Waals surface area contributed by atoms with Crippen LogP contribution in [0.5, 0.6) is 0 Å². The summed E-state index contributed by atoms with van der Waals surface area (Å²) in [4.78, 5) is 0. The van der Waals surface area contributed by atoms with Gasteiger partial charge in [0.1, 0.15) is 0 Å². The summed E-state index contributed by atoms with van der Waals surface area (Å²) in [5, 5.41) is 8.75. The number of nitrogens with one attached hydrogen (secondary N) is 1. The average Bonchev–Trinajstić information content (AvgIpc) is 2.75. The summed E-state index contributed by atoms with van der Waals surface area (Å²) in [6.07, 6.45) is 0. The third kappa shape index (κ3) is 3.66. The Kier molecular flexibility index (Phi) is 5.07. The molecule has 1 N–H and O–H groups in total. The van der Waals surface area contributed by atoms with E-state index in [1.807, 2.05) is 11.6 Å². The van der Waals surface area contributed by atoms with Crippen molar-refractivity contribution in [1.29, 1.82) is 0 Å².